The van der Waals surface area contributed by atoms with Gasteiger partial charge in [0.05, 0.1) is 5.69 Å². The van der Waals surface area contributed by atoms with Crippen LogP contribution in [0.5, 0.6) is 0 Å². The Labute approximate surface area is 112 Å². The maximum atomic E-state index is 12.0. The molecule has 0 aliphatic rings. The first kappa shape index (κ1) is 11.3. The number of hydrogen-bond donors (Lipinski definition) is 1. The van der Waals surface area contributed by atoms with E-state index in [1.54, 1.807) is 0 Å². The Hall–Kier alpha value is -1.81. The van der Waals surface area contributed by atoms with Crippen molar-refractivity contribution >= 4 is 21.4 Å². The quantitative estimate of drug-likeness (QED) is 0.735. The third-order valence-electron chi connectivity index (χ3n) is 2.89. The highest BCUT2D eigenvalue weighted by Gasteiger charge is 2.05. The Balaban J connectivity index is 2.24. The second-order valence-corrected chi connectivity index (χ2v) is 5.23. The lowest BCUT2D eigenvalue weighted by Gasteiger charge is -2.03. The maximum Gasteiger partial charge on any atom is 0.272 e. The van der Waals surface area contributed by atoms with Crippen LogP contribution in [0.15, 0.2) is 52.0 Å². The third kappa shape index (κ3) is 1.88. The first-order chi connectivity index (χ1) is 8.63. The van der Waals surface area contributed by atoms with Crippen LogP contribution in [-0.4, -0.2) is 9.38 Å². The number of benzene rings is 1. The number of rotatable bonds is 1. The van der Waals surface area contributed by atoms with E-state index in [4.69, 9.17) is 0 Å². The van der Waals surface area contributed by atoms with Crippen molar-refractivity contribution in [1.82, 2.24) is 9.38 Å². The summed E-state index contributed by atoms with van der Waals surface area (Å²) in [4.78, 5) is 14.9. The Kier molecular flexibility index (Phi) is 2.59. The van der Waals surface area contributed by atoms with Crippen LogP contribution in [0, 0.1) is 6.92 Å². The van der Waals surface area contributed by atoms with Crippen molar-refractivity contribution < 1.29 is 0 Å². The van der Waals surface area contributed by atoms with E-state index in [-0.39, 0.29) is 5.56 Å². The average Bonchev–Trinajstić information content (AvgIpc) is 2.71. The van der Waals surface area contributed by atoms with Crippen molar-refractivity contribution in [2.75, 3.05) is 0 Å². The Morgan fingerprint density at radius 2 is 1.89 bits per heavy atom. The summed E-state index contributed by atoms with van der Waals surface area (Å²) in [7, 11) is 0. The van der Waals surface area contributed by atoms with Crippen LogP contribution in [-0.2, 0) is 0 Å². The normalized spacial score (nSPS) is 11.0. The van der Waals surface area contributed by atoms with Crippen LogP contribution in [0.1, 0.15) is 5.56 Å². The van der Waals surface area contributed by atoms with Gasteiger partial charge in [0.15, 0.2) is 0 Å². The lowest BCUT2D eigenvalue weighted by Crippen LogP contribution is -2.09. The van der Waals surface area contributed by atoms with Crippen LogP contribution in [0.2, 0.25) is 0 Å². The molecule has 3 rings (SSSR count). The van der Waals surface area contributed by atoms with Gasteiger partial charge in [0, 0.05) is 16.9 Å². The third-order valence-corrected chi connectivity index (χ3v) is 3.42. The molecule has 2 heterocycles. The number of halogens is 1. The van der Waals surface area contributed by atoms with E-state index in [0.29, 0.717) is 5.52 Å². The van der Waals surface area contributed by atoms with Gasteiger partial charge in [-0.2, -0.15) is 0 Å². The Morgan fingerprint density at radius 1 is 1.17 bits per heavy atom. The molecule has 0 aliphatic carbocycles. The highest BCUT2D eigenvalue weighted by molar-refractivity contribution is 9.10. The molecule has 2 aromatic heterocycles. The van der Waals surface area contributed by atoms with Gasteiger partial charge in [-0.05, 0) is 36.2 Å². The SMILES string of the molecule is Cc1cc2c(=O)[nH]c(-c3ccc(Br)cc3)cn2c1. The van der Waals surface area contributed by atoms with Gasteiger partial charge in [0.1, 0.15) is 5.52 Å². The summed E-state index contributed by atoms with van der Waals surface area (Å²) < 4.78 is 2.89. The lowest BCUT2D eigenvalue weighted by atomic mass is 10.2. The predicted octanol–water partition coefficient (Wildman–Crippen LogP) is 3.37. The molecular weight excluding hydrogens is 292 g/mol. The van der Waals surface area contributed by atoms with Crippen molar-refractivity contribution in [3.05, 3.63) is 63.1 Å². The van der Waals surface area contributed by atoms with Gasteiger partial charge in [-0.25, -0.2) is 0 Å². The molecule has 0 fully saturated rings. The molecular formula is C14H11BrN2O. The van der Waals surface area contributed by atoms with Gasteiger partial charge in [-0.1, -0.05) is 28.1 Å². The number of aromatic amines is 1. The second-order valence-electron chi connectivity index (χ2n) is 4.31. The van der Waals surface area contributed by atoms with Crippen molar-refractivity contribution in [2.45, 2.75) is 6.92 Å². The first-order valence-electron chi connectivity index (χ1n) is 5.61. The van der Waals surface area contributed by atoms with E-state index < -0.39 is 0 Å². The van der Waals surface area contributed by atoms with E-state index in [2.05, 4.69) is 20.9 Å². The van der Waals surface area contributed by atoms with Crippen LogP contribution in [0.25, 0.3) is 16.8 Å². The summed E-state index contributed by atoms with van der Waals surface area (Å²) in [5, 5.41) is 0. The minimum Gasteiger partial charge on any atom is -0.319 e. The topological polar surface area (TPSA) is 37.3 Å². The molecule has 18 heavy (non-hydrogen) atoms. The molecule has 0 radical (unpaired) electrons. The fourth-order valence-corrected chi connectivity index (χ4v) is 2.30. The zero-order valence-corrected chi connectivity index (χ0v) is 11.4. The number of nitrogens with one attached hydrogen (secondary N) is 1. The summed E-state index contributed by atoms with van der Waals surface area (Å²) in [6.07, 6.45) is 3.89. The highest BCUT2D eigenvalue weighted by Crippen LogP contribution is 2.19. The predicted molar refractivity (Wildman–Crippen MR) is 75.9 cm³/mol. The number of aromatic nitrogens is 2. The zero-order valence-electron chi connectivity index (χ0n) is 9.77. The molecule has 3 aromatic rings. The fourth-order valence-electron chi connectivity index (χ4n) is 2.04. The van der Waals surface area contributed by atoms with E-state index >= 15 is 0 Å². The fraction of sp³-hybridized carbons (Fsp3) is 0.0714. The molecule has 3 nitrogen and oxygen atoms in total. The molecule has 90 valence electrons. The molecule has 0 bridgehead atoms. The van der Waals surface area contributed by atoms with Crippen molar-refractivity contribution in [3.8, 4) is 11.3 Å². The number of aryl methyl sites for hydroxylation is 1. The smallest absolute Gasteiger partial charge is 0.272 e. The molecule has 1 N–H and O–H groups in total. The lowest BCUT2D eigenvalue weighted by molar-refractivity contribution is 1.11. The molecule has 0 saturated heterocycles. The van der Waals surface area contributed by atoms with Crippen LogP contribution in [0.4, 0.5) is 0 Å². The number of hydrogen-bond acceptors (Lipinski definition) is 1. The van der Waals surface area contributed by atoms with E-state index in [0.717, 1.165) is 21.3 Å². The number of H-pyrrole nitrogens is 1. The largest absolute Gasteiger partial charge is 0.319 e. The Bertz CT molecular complexity index is 769. The van der Waals surface area contributed by atoms with Gasteiger partial charge in [0.2, 0.25) is 0 Å². The summed E-state index contributed by atoms with van der Waals surface area (Å²) >= 11 is 3.40. The zero-order chi connectivity index (χ0) is 12.7. The second kappa shape index (κ2) is 4.14. The number of nitrogens with zero attached hydrogens (tertiary/aromatic N) is 1. The standard InChI is InChI=1S/C14H11BrN2O/c1-9-6-13-14(18)16-12(8-17(13)7-9)10-2-4-11(15)5-3-10/h2-8H,1H3,(H,16,18). The molecule has 0 spiro atoms. The summed E-state index contributed by atoms with van der Waals surface area (Å²) in [5.41, 5.74) is 3.49. The molecule has 0 unspecified atom stereocenters. The molecule has 0 aliphatic heterocycles. The van der Waals surface area contributed by atoms with Gasteiger partial charge < -0.3 is 9.38 Å². The maximum absolute atomic E-state index is 12.0. The van der Waals surface area contributed by atoms with Gasteiger partial charge >= 0.3 is 0 Å². The van der Waals surface area contributed by atoms with E-state index in [9.17, 15) is 4.79 Å². The monoisotopic (exact) mass is 302 g/mol. The van der Waals surface area contributed by atoms with Crippen molar-refractivity contribution in [2.24, 2.45) is 0 Å². The molecule has 0 atom stereocenters. The summed E-state index contributed by atoms with van der Waals surface area (Å²) in [6, 6.07) is 9.73. The van der Waals surface area contributed by atoms with E-state index in [1.807, 2.05) is 54.0 Å². The van der Waals surface area contributed by atoms with E-state index in [1.165, 1.54) is 0 Å². The molecule has 4 heteroatoms. The van der Waals surface area contributed by atoms with Crippen LogP contribution < -0.4 is 5.56 Å². The molecule has 1 aromatic carbocycles. The highest BCUT2D eigenvalue weighted by atomic mass is 79.9. The van der Waals surface area contributed by atoms with Gasteiger partial charge in [0.25, 0.3) is 5.56 Å². The minimum absolute atomic E-state index is 0.0662. The molecule has 0 saturated carbocycles. The van der Waals surface area contributed by atoms with Crippen LogP contribution >= 0.6 is 15.9 Å². The molecule has 0 amide bonds. The number of fused-ring (bicyclic) bond motifs is 1. The Morgan fingerprint density at radius 3 is 2.61 bits per heavy atom. The first-order valence-corrected chi connectivity index (χ1v) is 6.40. The van der Waals surface area contributed by atoms with Gasteiger partial charge in [-0.3, -0.25) is 4.79 Å². The average molecular weight is 303 g/mol. The summed E-state index contributed by atoms with van der Waals surface area (Å²) in [5.74, 6) is 0. The van der Waals surface area contributed by atoms with Crippen molar-refractivity contribution in [1.29, 1.82) is 0 Å². The van der Waals surface area contributed by atoms with Crippen molar-refractivity contribution in [3.63, 3.8) is 0 Å². The van der Waals surface area contributed by atoms with Crippen LogP contribution in [0.3, 0.4) is 0 Å². The van der Waals surface area contributed by atoms with Gasteiger partial charge in [-0.15, -0.1) is 0 Å². The summed E-state index contributed by atoms with van der Waals surface area (Å²) in [6.45, 7) is 1.98. The minimum atomic E-state index is -0.0662.